The summed E-state index contributed by atoms with van der Waals surface area (Å²) < 4.78 is 5.44. The van der Waals surface area contributed by atoms with Crippen molar-refractivity contribution in [3.8, 4) is 0 Å². The van der Waals surface area contributed by atoms with E-state index < -0.39 is 23.7 Å². The van der Waals surface area contributed by atoms with Gasteiger partial charge in [0.25, 0.3) is 5.91 Å². The summed E-state index contributed by atoms with van der Waals surface area (Å²) in [5, 5.41) is 1.78. The molecule has 3 rings (SSSR count). The summed E-state index contributed by atoms with van der Waals surface area (Å²) in [5.74, 6) is -2.19. The van der Waals surface area contributed by atoms with Crippen LogP contribution >= 0.6 is 11.3 Å². The van der Waals surface area contributed by atoms with Crippen LogP contribution in [-0.2, 0) is 9.59 Å². The van der Waals surface area contributed by atoms with E-state index in [9.17, 15) is 14.4 Å². The SMILES string of the molecule is CN(C)CCN1C(=O)C(=O)C(C(=O)c2cccs2)C1c1ccco1. The van der Waals surface area contributed by atoms with Gasteiger partial charge in [-0.25, -0.2) is 0 Å². The molecule has 0 N–H and O–H groups in total. The average Bonchev–Trinajstić information content (AvgIpc) is 3.27. The van der Waals surface area contributed by atoms with Gasteiger partial charge >= 0.3 is 0 Å². The van der Waals surface area contributed by atoms with Crippen LogP contribution in [-0.4, -0.2) is 54.5 Å². The highest BCUT2D eigenvalue weighted by Gasteiger charge is 2.52. The van der Waals surface area contributed by atoms with E-state index in [2.05, 4.69) is 0 Å². The van der Waals surface area contributed by atoms with Crippen LogP contribution in [0, 0.1) is 5.92 Å². The second-order valence-corrected chi connectivity index (χ2v) is 6.89. The zero-order valence-electron chi connectivity index (χ0n) is 13.5. The molecule has 2 unspecified atom stereocenters. The van der Waals surface area contributed by atoms with Crippen LogP contribution < -0.4 is 0 Å². The largest absolute Gasteiger partial charge is 0.467 e. The number of carbonyl (C=O) groups excluding carboxylic acids is 3. The second-order valence-electron chi connectivity index (χ2n) is 5.95. The van der Waals surface area contributed by atoms with E-state index in [1.165, 1.54) is 22.5 Å². The molecular formula is C17H18N2O4S. The van der Waals surface area contributed by atoms with Gasteiger partial charge in [-0.15, -0.1) is 11.3 Å². The first kappa shape index (κ1) is 16.6. The molecule has 2 atom stereocenters. The fraction of sp³-hybridized carbons (Fsp3) is 0.353. The highest BCUT2D eigenvalue weighted by Crippen LogP contribution is 2.38. The van der Waals surface area contributed by atoms with Crippen molar-refractivity contribution in [1.29, 1.82) is 0 Å². The highest BCUT2D eigenvalue weighted by molar-refractivity contribution is 7.12. The van der Waals surface area contributed by atoms with Gasteiger partial charge in [0.05, 0.1) is 11.1 Å². The Morgan fingerprint density at radius 1 is 1.29 bits per heavy atom. The molecule has 2 aromatic heterocycles. The first-order valence-electron chi connectivity index (χ1n) is 7.61. The molecule has 1 aliphatic rings. The molecule has 1 fully saturated rings. The Morgan fingerprint density at radius 3 is 2.67 bits per heavy atom. The predicted molar refractivity (Wildman–Crippen MR) is 88.9 cm³/mol. The molecule has 0 saturated carbocycles. The summed E-state index contributed by atoms with van der Waals surface area (Å²) in [5.41, 5.74) is 0. The number of ketones is 2. The van der Waals surface area contributed by atoms with Gasteiger partial charge in [-0.1, -0.05) is 6.07 Å². The fourth-order valence-corrected chi connectivity index (χ4v) is 3.59. The molecule has 126 valence electrons. The predicted octanol–water partition coefficient (Wildman–Crippen LogP) is 1.85. The van der Waals surface area contributed by atoms with Crippen LogP contribution in [0.5, 0.6) is 0 Å². The van der Waals surface area contributed by atoms with Crippen molar-refractivity contribution in [3.05, 3.63) is 46.5 Å². The normalized spacial score (nSPS) is 21.0. The molecule has 0 aromatic carbocycles. The Labute approximate surface area is 143 Å². The van der Waals surface area contributed by atoms with Gasteiger partial charge in [-0.05, 0) is 37.7 Å². The van der Waals surface area contributed by atoms with Gasteiger partial charge in [0.2, 0.25) is 5.78 Å². The van der Waals surface area contributed by atoms with E-state index in [-0.39, 0.29) is 5.78 Å². The van der Waals surface area contributed by atoms with Gasteiger partial charge in [0.1, 0.15) is 17.7 Å². The first-order chi connectivity index (χ1) is 11.5. The number of hydrogen-bond donors (Lipinski definition) is 0. The Morgan fingerprint density at radius 2 is 2.08 bits per heavy atom. The van der Waals surface area contributed by atoms with Crippen LogP contribution in [0.25, 0.3) is 0 Å². The maximum Gasteiger partial charge on any atom is 0.291 e. The van der Waals surface area contributed by atoms with Gasteiger partial charge in [-0.3, -0.25) is 14.4 Å². The third kappa shape index (κ3) is 2.92. The summed E-state index contributed by atoms with van der Waals surface area (Å²) in [4.78, 5) is 41.7. The quantitative estimate of drug-likeness (QED) is 0.453. The smallest absolute Gasteiger partial charge is 0.291 e. The van der Waals surface area contributed by atoms with E-state index in [1.54, 1.807) is 29.6 Å². The van der Waals surface area contributed by atoms with Crippen molar-refractivity contribution >= 4 is 28.8 Å². The van der Waals surface area contributed by atoms with E-state index in [0.717, 1.165) is 0 Å². The van der Waals surface area contributed by atoms with Gasteiger partial charge in [-0.2, -0.15) is 0 Å². The number of furan rings is 1. The number of amides is 1. The fourth-order valence-electron chi connectivity index (χ4n) is 2.88. The minimum atomic E-state index is -1.05. The highest BCUT2D eigenvalue weighted by atomic mass is 32.1. The van der Waals surface area contributed by atoms with Crippen LogP contribution in [0.3, 0.4) is 0 Å². The minimum absolute atomic E-state index is 0.322. The first-order valence-corrected chi connectivity index (χ1v) is 8.49. The molecule has 1 saturated heterocycles. The van der Waals surface area contributed by atoms with Crippen molar-refractivity contribution in [2.75, 3.05) is 27.2 Å². The Bertz CT molecular complexity index is 737. The van der Waals surface area contributed by atoms with E-state index in [1.807, 2.05) is 19.0 Å². The maximum absolute atomic E-state index is 12.8. The molecule has 6 nitrogen and oxygen atoms in total. The monoisotopic (exact) mass is 346 g/mol. The van der Waals surface area contributed by atoms with Gasteiger partial charge in [0.15, 0.2) is 5.78 Å². The third-order valence-corrected chi connectivity index (χ3v) is 4.96. The lowest BCUT2D eigenvalue weighted by Crippen LogP contribution is -2.36. The van der Waals surface area contributed by atoms with Crippen molar-refractivity contribution in [2.24, 2.45) is 5.92 Å². The second kappa shape index (κ2) is 6.70. The van der Waals surface area contributed by atoms with Crippen molar-refractivity contribution < 1.29 is 18.8 Å². The molecular weight excluding hydrogens is 328 g/mol. The molecule has 1 aliphatic heterocycles. The van der Waals surface area contributed by atoms with Crippen LogP contribution in [0.4, 0.5) is 0 Å². The Hall–Kier alpha value is -2.25. The molecule has 3 heterocycles. The third-order valence-electron chi connectivity index (χ3n) is 4.07. The molecule has 0 radical (unpaired) electrons. The summed E-state index contributed by atoms with van der Waals surface area (Å²) in [6.07, 6.45) is 1.49. The Balaban J connectivity index is 1.98. The van der Waals surface area contributed by atoms with Crippen molar-refractivity contribution in [3.63, 3.8) is 0 Å². The topological polar surface area (TPSA) is 70.8 Å². The number of thiophene rings is 1. The zero-order chi connectivity index (χ0) is 17.3. The van der Waals surface area contributed by atoms with Crippen LogP contribution in [0.2, 0.25) is 0 Å². The van der Waals surface area contributed by atoms with Crippen molar-refractivity contribution in [2.45, 2.75) is 6.04 Å². The van der Waals surface area contributed by atoms with E-state index >= 15 is 0 Å². The number of likely N-dealkylation sites (tertiary alicyclic amines) is 1. The van der Waals surface area contributed by atoms with E-state index in [4.69, 9.17) is 4.42 Å². The Kier molecular flexibility index (Phi) is 4.64. The summed E-state index contributed by atoms with van der Waals surface area (Å²) in [6, 6.07) is 6.14. The van der Waals surface area contributed by atoms with Gasteiger partial charge in [0, 0.05) is 13.1 Å². The minimum Gasteiger partial charge on any atom is -0.467 e. The lowest BCUT2D eigenvalue weighted by Gasteiger charge is -2.26. The standard InChI is InChI=1S/C17H18N2O4S/c1-18(2)7-8-19-14(11-5-3-9-23-11)13(16(21)17(19)22)15(20)12-6-4-10-24-12/h3-6,9-10,13-14H,7-8H2,1-2H3. The van der Waals surface area contributed by atoms with Gasteiger partial charge < -0.3 is 14.2 Å². The molecule has 2 aromatic rings. The number of rotatable bonds is 6. The summed E-state index contributed by atoms with van der Waals surface area (Å²) >= 11 is 1.27. The zero-order valence-corrected chi connectivity index (χ0v) is 14.3. The molecule has 7 heteroatoms. The molecule has 24 heavy (non-hydrogen) atoms. The maximum atomic E-state index is 12.8. The van der Waals surface area contributed by atoms with Crippen LogP contribution in [0.1, 0.15) is 21.5 Å². The number of carbonyl (C=O) groups is 3. The number of Topliss-reactive ketones (excluding diaryl/α,β-unsaturated/α-hetero) is 2. The van der Waals surface area contributed by atoms with Crippen LogP contribution in [0.15, 0.2) is 40.3 Å². The molecule has 0 bridgehead atoms. The molecule has 0 aliphatic carbocycles. The average molecular weight is 346 g/mol. The number of hydrogen-bond acceptors (Lipinski definition) is 6. The lowest BCUT2D eigenvalue weighted by molar-refractivity contribution is -0.140. The number of likely N-dealkylation sites (N-methyl/N-ethyl adjacent to an activating group) is 1. The molecule has 0 spiro atoms. The van der Waals surface area contributed by atoms with E-state index in [0.29, 0.717) is 23.7 Å². The molecule has 1 amide bonds. The summed E-state index contributed by atoms with van der Waals surface area (Å²) in [7, 11) is 3.77. The number of nitrogens with zero attached hydrogens (tertiary/aromatic N) is 2. The van der Waals surface area contributed by atoms with Crippen molar-refractivity contribution in [1.82, 2.24) is 9.80 Å². The lowest BCUT2D eigenvalue weighted by atomic mass is 9.91. The summed E-state index contributed by atoms with van der Waals surface area (Å²) in [6.45, 7) is 0.952.